The van der Waals surface area contributed by atoms with Gasteiger partial charge in [0.05, 0.1) is 19.4 Å². The highest BCUT2D eigenvalue weighted by Gasteiger charge is 2.47. The zero-order valence-electron chi connectivity index (χ0n) is 15.2. The van der Waals surface area contributed by atoms with Crippen LogP contribution in [0.15, 0.2) is 53.1 Å². The molecule has 1 aliphatic heterocycles. The van der Waals surface area contributed by atoms with Crippen molar-refractivity contribution in [2.45, 2.75) is 24.7 Å². The normalized spacial score (nSPS) is 18.6. The molecule has 7 nitrogen and oxygen atoms in total. The number of nitrogens with one attached hydrogen (secondary N) is 2. The number of halogens is 3. The highest BCUT2D eigenvalue weighted by molar-refractivity contribution is 6.03. The number of methoxy groups -OCH3 is 1. The van der Waals surface area contributed by atoms with Crippen molar-refractivity contribution >= 4 is 17.4 Å². The molecular formula is C19H17F3N4O3. The predicted octanol–water partition coefficient (Wildman–Crippen LogP) is 4.40. The third-order valence-electron chi connectivity index (χ3n) is 4.66. The third-order valence-corrected chi connectivity index (χ3v) is 4.66. The number of anilines is 2. The fourth-order valence-electron chi connectivity index (χ4n) is 3.23. The van der Waals surface area contributed by atoms with Crippen molar-refractivity contribution in [3.8, 4) is 5.75 Å². The lowest BCUT2D eigenvalue weighted by atomic mass is 10.0. The first kappa shape index (κ1) is 18.9. The Balaban J connectivity index is 1.60. The maximum Gasteiger partial charge on any atom is 0.410 e. The number of aromatic nitrogens is 2. The Hall–Kier alpha value is -3.43. The smallest absolute Gasteiger partial charge is 0.410 e. The van der Waals surface area contributed by atoms with E-state index in [4.69, 9.17) is 9.15 Å². The van der Waals surface area contributed by atoms with Crippen molar-refractivity contribution in [1.29, 1.82) is 0 Å². The monoisotopic (exact) mass is 406 g/mol. The zero-order chi connectivity index (χ0) is 20.6. The number of amides is 1. The second-order valence-corrected chi connectivity index (χ2v) is 6.55. The average Bonchev–Trinajstić information content (AvgIpc) is 3.36. The quantitative estimate of drug-likeness (QED) is 0.671. The molecule has 0 radical (unpaired) electrons. The Bertz CT molecular complexity index is 997. The van der Waals surface area contributed by atoms with E-state index in [1.54, 1.807) is 36.4 Å². The number of benzene rings is 1. The summed E-state index contributed by atoms with van der Waals surface area (Å²) in [6.07, 6.45) is -3.43. The topological polar surface area (TPSA) is 81.3 Å². The average molecular weight is 406 g/mol. The lowest BCUT2D eigenvalue weighted by Gasteiger charge is -2.32. The molecule has 0 aliphatic carbocycles. The van der Waals surface area contributed by atoms with E-state index in [1.807, 2.05) is 0 Å². The van der Waals surface area contributed by atoms with E-state index in [2.05, 4.69) is 15.7 Å². The summed E-state index contributed by atoms with van der Waals surface area (Å²) in [6.45, 7) is 0. The van der Waals surface area contributed by atoms with E-state index >= 15 is 0 Å². The SMILES string of the molecule is COc1ccc(NC(=O)c2cc3n(n2)C(C(F)(F)F)CC(c2ccco2)N3)cc1. The molecule has 10 heteroatoms. The van der Waals surface area contributed by atoms with Crippen LogP contribution < -0.4 is 15.4 Å². The van der Waals surface area contributed by atoms with E-state index in [-0.39, 0.29) is 17.9 Å². The Kier molecular flexibility index (Phi) is 4.69. The number of carbonyl (C=O) groups is 1. The maximum atomic E-state index is 13.6. The van der Waals surface area contributed by atoms with Crippen LogP contribution in [0.25, 0.3) is 0 Å². The minimum Gasteiger partial charge on any atom is -0.497 e. The first-order valence-corrected chi connectivity index (χ1v) is 8.77. The predicted molar refractivity (Wildman–Crippen MR) is 98.0 cm³/mol. The van der Waals surface area contributed by atoms with Crippen LogP contribution in [0, 0.1) is 0 Å². The molecule has 152 valence electrons. The summed E-state index contributed by atoms with van der Waals surface area (Å²) in [7, 11) is 1.52. The molecular weight excluding hydrogens is 389 g/mol. The van der Waals surface area contributed by atoms with Crippen molar-refractivity contribution in [3.63, 3.8) is 0 Å². The number of rotatable bonds is 4. The second-order valence-electron chi connectivity index (χ2n) is 6.55. The van der Waals surface area contributed by atoms with Crippen LogP contribution in [0.3, 0.4) is 0 Å². The molecule has 0 bridgehead atoms. The number of hydrogen-bond donors (Lipinski definition) is 2. The van der Waals surface area contributed by atoms with Gasteiger partial charge in [0.15, 0.2) is 11.7 Å². The van der Waals surface area contributed by atoms with Gasteiger partial charge in [-0.3, -0.25) is 4.79 Å². The van der Waals surface area contributed by atoms with Gasteiger partial charge in [-0.05, 0) is 36.4 Å². The number of ether oxygens (including phenoxy) is 1. The summed E-state index contributed by atoms with van der Waals surface area (Å²) in [5.41, 5.74) is 0.341. The minimum absolute atomic E-state index is 0.0971. The highest BCUT2D eigenvalue weighted by Crippen LogP contribution is 2.43. The fourth-order valence-corrected chi connectivity index (χ4v) is 3.23. The molecule has 3 heterocycles. The van der Waals surface area contributed by atoms with Crippen molar-refractivity contribution in [1.82, 2.24) is 9.78 Å². The summed E-state index contributed by atoms with van der Waals surface area (Å²) in [4.78, 5) is 12.5. The van der Waals surface area contributed by atoms with Gasteiger partial charge in [0.25, 0.3) is 5.91 Å². The van der Waals surface area contributed by atoms with Crippen LogP contribution in [0.1, 0.15) is 34.8 Å². The Labute approximate surface area is 163 Å². The number of carbonyl (C=O) groups excluding carboxylic acids is 1. The van der Waals surface area contributed by atoms with Crippen LogP contribution in [-0.2, 0) is 0 Å². The zero-order valence-corrected chi connectivity index (χ0v) is 15.2. The van der Waals surface area contributed by atoms with Gasteiger partial charge in [-0.15, -0.1) is 0 Å². The molecule has 29 heavy (non-hydrogen) atoms. The molecule has 0 fully saturated rings. The van der Waals surface area contributed by atoms with E-state index in [0.717, 1.165) is 4.68 Å². The van der Waals surface area contributed by atoms with E-state index in [1.165, 1.54) is 19.4 Å². The molecule has 1 aromatic carbocycles. The Morgan fingerprint density at radius 2 is 2.07 bits per heavy atom. The first-order chi connectivity index (χ1) is 13.8. The van der Waals surface area contributed by atoms with Crippen molar-refractivity contribution in [2.24, 2.45) is 0 Å². The number of alkyl halides is 3. The molecule has 2 atom stereocenters. The molecule has 2 unspecified atom stereocenters. The molecule has 0 saturated heterocycles. The summed E-state index contributed by atoms with van der Waals surface area (Å²) < 4.78 is 52.0. The molecule has 3 aromatic rings. The van der Waals surface area contributed by atoms with Crippen LogP contribution in [0.5, 0.6) is 5.75 Å². The molecule has 2 aromatic heterocycles. The second kappa shape index (κ2) is 7.19. The standard InChI is InChI=1S/C19H17F3N4O3/c1-28-12-6-4-11(5-7-12)23-18(27)14-10-17-24-13(15-3-2-8-29-15)9-16(19(20,21)22)26(17)25-14/h2-8,10,13,16,24H,9H2,1H3,(H,23,27). The summed E-state index contributed by atoms with van der Waals surface area (Å²) in [6, 6.07) is 8.51. The van der Waals surface area contributed by atoms with E-state index in [0.29, 0.717) is 17.2 Å². The molecule has 1 aliphatic rings. The molecule has 4 rings (SSSR count). The van der Waals surface area contributed by atoms with E-state index < -0.39 is 24.2 Å². The summed E-state index contributed by atoms with van der Waals surface area (Å²) >= 11 is 0. The van der Waals surface area contributed by atoms with Gasteiger partial charge in [-0.1, -0.05) is 0 Å². The number of furan rings is 1. The van der Waals surface area contributed by atoms with Crippen molar-refractivity contribution in [2.75, 3.05) is 17.7 Å². The molecule has 0 saturated carbocycles. The van der Waals surface area contributed by atoms with Crippen LogP contribution in [-0.4, -0.2) is 29.0 Å². The number of hydrogen-bond acceptors (Lipinski definition) is 5. The van der Waals surface area contributed by atoms with Crippen molar-refractivity contribution < 1.29 is 27.1 Å². The van der Waals surface area contributed by atoms with Gasteiger partial charge in [-0.25, -0.2) is 4.68 Å². The largest absolute Gasteiger partial charge is 0.497 e. The van der Waals surface area contributed by atoms with Gasteiger partial charge in [0.1, 0.15) is 17.3 Å². The van der Waals surface area contributed by atoms with Crippen molar-refractivity contribution in [3.05, 3.63) is 60.2 Å². The highest BCUT2D eigenvalue weighted by atomic mass is 19.4. The third kappa shape index (κ3) is 3.78. The molecule has 0 spiro atoms. The summed E-state index contributed by atoms with van der Waals surface area (Å²) in [5, 5.41) is 9.49. The van der Waals surface area contributed by atoms with Gasteiger partial charge >= 0.3 is 6.18 Å². The fraction of sp³-hybridized carbons (Fsp3) is 0.263. The molecule has 1 amide bonds. The number of fused-ring (bicyclic) bond motifs is 1. The van der Waals surface area contributed by atoms with Gasteiger partial charge in [0.2, 0.25) is 0 Å². The van der Waals surface area contributed by atoms with E-state index in [9.17, 15) is 18.0 Å². The lowest BCUT2D eigenvalue weighted by Crippen LogP contribution is -2.35. The van der Waals surface area contributed by atoms with Gasteiger partial charge in [0, 0.05) is 18.2 Å². The summed E-state index contributed by atoms with van der Waals surface area (Å²) in [5.74, 6) is 0.478. The Morgan fingerprint density at radius 1 is 1.31 bits per heavy atom. The van der Waals surface area contributed by atoms with Gasteiger partial charge in [-0.2, -0.15) is 18.3 Å². The Morgan fingerprint density at radius 3 is 2.69 bits per heavy atom. The van der Waals surface area contributed by atoms with Crippen LogP contribution in [0.4, 0.5) is 24.7 Å². The number of nitrogens with zero attached hydrogens (tertiary/aromatic N) is 2. The lowest BCUT2D eigenvalue weighted by molar-refractivity contribution is -0.174. The van der Waals surface area contributed by atoms with Crippen LogP contribution in [0.2, 0.25) is 0 Å². The maximum absolute atomic E-state index is 13.6. The van der Waals surface area contributed by atoms with Gasteiger partial charge < -0.3 is 19.8 Å². The first-order valence-electron chi connectivity index (χ1n) is 8.77. The van der Waals surface area contributed by atoms with Crippen LogP contribution >= 0.6 is 0 Å². The minimum atomic E-state index is -4.53. The molecule has 2 N–H and O–H groups in total.